The third-order valence-corrected chi connectivity index (χ3v) is 5.55. The average Bonchev–Trinajstić information content (AvgIpc) is 2.81. The highest BCUT2D eigenvalue weighted by Gasteiger charge is 2.32. The Labute approximate surface area is 215 Å². The van der Waals surface area contributed by atoms with Crippen molar-refractivity contribution in [2.75, 3.05) is 6.54 Å². The summed E-state index contributed by atoms with van der Waals surface area (Å²) < 4.78 is 0. The van der Waals surface area contributed by atoms with E-state index in [-0.39, 0.29) is 18.6 Å². The molecular formula is C24H37N5O8. The van der Waals surface area contributed by atoms with Gasteiger partial charge in [-0.3, -0.25) is 19.2 Å². The number of phenolic OH excluding ortho intramolecular Hbond substituents is 1. The van der Waals surface area contributed by atoms with Gasteiger partial charge in [0.25, 0.3) is 0 Å². The molecule has 0 aliphatic carbocycles. The van der Waals surface area contributed by atoms with Crippen molar-refractivity contribution in [3.8, 4) is 5.75 Å². The summed E-state index contributed by atoms with van der Waals surface area (Å²) in [5.41, 5.74) is 12.1. The van der Waals surface area contributed by atoms with Gasteiger partial charge in [0.05, 0.1) is 12.5 Å². The minimum Gasteiger partial charge on any atom is -0.508 e. The van der Waals surface area contributed by atoms with Crippen LogP contribution in [-0.4, -0.2) is 75.7 Å². The number of aromatic hydroxyl groups is 1. The Hall–Kier alpha value is -3.71. The molecule has 13 heteroatoms. The molecule has 3 amide bonds. The number of carboxylic acids is 2. The molecule has 1 aromatic carbocycles. The zero-order valence-electron chi connectivity index (χ0n) is 21.0. The highest BCUT2D eigenvalue weighted by atomic mass is 16.4. The van der Waals surface area contributed by atoms with Crippen LogP contribution < -0.4 is 27.4 Å². The largest absolute Gasteiger partial charge is 0.508 e. The second-order valence-corrected chi connectivity index (χ2v) is 9.05. The fourth-order valence-corrected chi connectivity index (χ4v) is 3.44. The van der Waals surface area contributed by atoms with Gasteiger partial charge >= 0.3 is 11.9 Å². The molecule has 0 aromatic heterocycles. The van der Waals surface area contributed by atoms with Crippen molar-refractivity contribution in [3.63, 3.8) is 0 Å². The maximum Gasteiger partial charge on any atom is 0.326 e. The Bertz CT molecular complexity index is 938. The summed E-state index contributed by atoms with van der Waals surface area (Å²) in [5.74, 6) is -5.49. The zero-order valence-corrected chi connectivity index (χ0v) is 21.0. The maximum absolute atomic E-state index is 13.0. The van der Waals surface area contributed by atoms with Crippen molar-refractivity contribution >= 4 is 29.7 Å². The third-order valence-electron chi connectivity index (χ3n) is 5.55. The number of amides is 3. The van der Waals surface area contributed by atoms with Gasteiger partial charge in [0.15, 0.2) is 0 Å². The number of nitrogens with one attached hydrogen (secondary N) is 3. The van der Waals surface area contributed by atoms with Gasteiger partial charge in [0.2, 0.25) is 17.7 Å². The first kappa shape index (κ1) is 31.3. The van der Waals surface area contributed by atoms with Crippen LogP contribution in [0.3, 0.4) is 0 Å². The maximum atomic E-state index is 13.0. The SMILES string of the molecule is CC(C)C(NC(=O)C(CCCCN)NC(=O)C(CC(=O)O)NC(=O)C(N)Cc1ccc(O)cc1)C(=O)O. The van der Waals surface area contributed by atoms with Gasteiger partial charge in [-0.25, -0.2) is 4.79 Å². The molecule has 10 N–H and O–H groups in total. The number of nitrogens with two attached hydrogens (primary N) is 2. The molecule has 0 saturated heterocycles. The summed E-state index contributed by atoms with van der Waals surface area (Å²) in [6.07, 6.45) is 0.371. The van der Waals surface area contributed by atoms with E-state index in [4.69, 9.17) is 11.5 Å². The highest BCUT2D eigenvalue weighted by molar-refractivity contribution is 5.95. The Balaban J connectivity index is 2.98. The first-order valence-corrected chi connectivity index (χ1v) is 11.9. The molecule has 206 valence electrons. The number of carbonyl (C=O) groups is 5. The molecule has 13 nitrogen and oxygen atoms in total. The molecule has 37 heavy (non-hydrogen) atoms. The van der Waals surface area contributed by atoms with E-state index in [1.165, 1.54) is 12.1 Å². The molecule has 1 rings (SSSR count). The highest BCUT2D eigenvalue weighted by Crippen LogP contribution is 2.11. The molecule has 1 aromatic rings. The Kier molecular flexibility index (Phi) is 13.0. The number of hydrogen-bond donors (Lipinski definition) is 8. The topological polar surface area (TPSA) is 234 Å². The Morgan fingerprint density at radius 3 is 1.95 bits per heavy atom. The monoisotopic (exact) mass is 523 g/mol. The number of carbonyl (C=O) groups excluding carboxylic acids is 3. The van der Waals surface area contributed by atoms with Gasteiger partial charge in [0.1, 0.15) is 23.9 Å². The van der Waals surface area contributed by atoms with Crippen LogP contribution in [0.25, 0.3) is 0 Å². The Morgan fingerprint density at radius 1 is 0.865 bits per heavy atom. The van der Waals surface area contributed by atoms with Crippen LogP contribution in [-0.2, 0) is 30.4 Å². The summed E-state index contributed by atoms with van der Waals surface area (Å²) in [4.78, 5) is 61.3. The fraction of sp³-hybridized carbons (Fsp3) is 0.542. The average molecular weight is 524 g/mol. The fourth-order valence-electron chi connectivity index (χ4n) is 3.44. The molecule has 0 aliphatic heterocycles. The van der Waals surface area contributed by atoms with E-state index in [0.29, 0.717) is 24.9 Å². The van der Waals surface area contributed by atoms with Crippen LogP contribution >= 0.6 is 0 Å². The molecule has 0 saturated carbocycles. The number of rotatable bonds is 16. The van der Waals surface area contributed by atoms with Gasteiger partial charge in [0, 0.05) is 0 Å². The van der Waals surface area contributed by atoms with Crippen molar-refractivity contribution in [2.45, 2.75) is 70.1 Å². The van der Waals surface area contributed by atoms with E-state index >= 15 is 0 Å². The number of carboxylic acid groups (broad SMARTS) is 2. The number of unbranched alkanes of at least 4 members (excludes halogenated alkanes) is 1. The zero-order chi connectivity index (χ0) is 28.1. The van der Waals surface area contributed by atoms with E-state index in [2.05, 4.69) is 16.0 Å². The number of hydrogen-bond acceptors (Lipinski definition) is 8. The first-order valence-electron chi connectivity index (χ1n) is 11.9. The van der Waals surface area contributed by atoms with E-state index in [0.717, 1.165) is 0 Å². The van der Waals surface area contributed by atoms with Gasteiger partial charge in [-0.15, -0.1) is 0 Å². The lowest BCUT2D eigenvalue weighted by atomic mass is 10.0. The lowest BCUT2D eigenvalue weighted by Crippen LogP contribution is -2.58. The number of benzene rings is 1. The lowest BCUT2D eigenvalue weighted by Gasteiger charge is -2.25. The summed E-state index contributed by atoms with van der Waals surface area (Å²) in [6.45, 7) is 3.56. The van der Waals surface area contributed by atoms with Crippen molar-refractivity contribution in [3.05, 3.63) is 29.8 Å². The van der Waals surface area contributed by atoms with Crippen LogP contribution in [0, 0.1) is 5.92 Å². The number of phenols is 1. The molecule has 0 bridgehead atoms. The molecule has 4 atom stereocenters. The number of aliphatic carboxylic acids is 2. The van der Waals surface area contributed by atoms with Crippen LogP contribution in [0.5, 0.6) is 5.75 Å². The molecule has 0 heterocycles. The predicted octanol–water partition coefficient (Wildman–Crippen LogP) is -0.939. The summed E-state index contributed by atoms with van der Waals surface area (Å²) >= 11 is 0. The van der Waals surface area contributed by atoms with Crippen LogP contribution in [0.4, 0.5) is 0 Å². The second-order valence-electron chi connectivity index (χ2n) is 9.05. The van der Waals surface area contributed by atoms with Crippen LogP contribution in [0.2, 0.25) is 0 Å². The predicted molar refractivity (Wildman–Crippen MR) is 133 cm³/mol. The lowest BCUT2D eigenvalue weighted by molar-refractivity contribution is -0.144. The minimum absolute atomic E-state index is 0.0353. The van der Waals surface area contributed by atoms with Gasteiger partial charge in [-0.2, -0.15) is 0 Å². The normalized spacial score (nSPS) is 14.2. The van der Waals surface area contributed by atoms with Gasteiger partial charge in [-0.05, 0) is 55.8 Å². The minimum atomic E-state index is -1.54. The van der Waals surface area contributed by atoms with E-state index < -0.39 is 66.2 Å². The van der Waals surface area contributed by atoms with E-state index in [1.807, 2.05) is 0 Å². The summed E-state index contributed by atoms with van der Waals surface area (Å²) in [7, 11) is 0. The third kappa shape index (κ3) is 11.3. The molecule has 4 unspecified atom stereocenters. The molecule has 0 spiro atoms. The summed E-state index contributed by atoms with van der Waals surface area (Å²) in [6, 6.07) is 0.926. The second kappa shape index (κ2) is 15.4. The standard InChI is InChI=1S/C24H37N5O8/c1-13(2)20(24(36)37)29-22(34)17(5-3-4-10-25)27-23(35)18(12-19(31)32)28-21(33)16(26)11-14-6-8-15(30)9-7-14/h6-9,13,16-18,20,30H,3-5,10-12,25-26H2,1-2H3,(H,27,35)(H,28,33)(H,29,34)(H,31,32)(H,36,37). The van der Waals surface area contributed by atoms with Crippen molar-refractivity contribution in [2.24, 2.45) is 17.4 Å². The van der Waals surface area contributed by atoms with Crippen LogP contribution in [0.15, 0.2) is 24.3 Å². The Morgan fingerprint density at radius 2 is 1.43 bits per heavy atom. The van der Waals surface area contributed by atoms with Crippen molar-refractivity contribution in [1.82, 2.24) is 16.0 Å². The molecular weight excluding hydrogens is 486 g/mol. The van der Waals surface area contributed by atoms with Crippen molar-refractivity contribution in [1.29, 1.82) is 0 Å². The molecule has 0 aliphatic rings. The summed E-state index contributed by atoms with van der Waals surface area (Å²) in [5, 5.41) is 35.1. The van der Waals surface area contributed by atoms with Gasteiger partial charge < -0.3 is 42.7 Å². The first-order chi connectivity index (χ1) is 17.3. The van der Waals surface area contributed by atoms with E-state index in [9.17, 15) is 39.3 Å². The van der Waals surface area contributed by atoms with Crippen LogP contribution in [0.1, 0.15) is 45.1 Å². The van der Waals surface area contributed by atoms with Crippen molar-refractivity contribution < 1.29 is 39.3 Å². The van der Waals surface area contributed by atoms with E-state index in [1.54, 1.807) is 26.0 Å². The quantitative estimate of drug-likeness (QED) is 0.124. The molecule has 0 fully saturated rings. The molecule has 0 radical (unpaired) electrons. The smallest absolute Gasteiger partial charge is 0.326 e. The van der Waals surface area contributed by atoms with Gasteiger partial charge in [-0.1, -0.05) is 26.0 Å².